The van der Waals surface area contributed by atoms with Crippen LogP contribution in [0.4, 0.5) is 0 Å². The molecule has 1 amide bonds. The van der Waals surface area contributed by atoms with Crippen LogP contribution in [-0.2, 0) is 20.9 Å². The van der Waals surface area contributed by atoms with Gasteiger partial charge in [0.15, 0.2) is 11.5 Å². The van der Waals surface area contributed by atoms with Gasteiger partial charge < -0.3 is 24.0 Å². The molecule has 2 unspecified atom stereocenters. The lowest BCUT2D eigenvalue weighted by atomic mass is 10.2. The Morgan fingerprint density at radius 2 is 2.30 bits per heavy atom. The van der Waals surface area contributed by atoms with E-state index in [0.29, 0.717) is 5.76 Å². The van der Waals surface area contributed by atoms with Crippen LogP contribution < -0.4 is 0 Å². The number of hydrogen-bond donors (Lipinski definition) is 1. The second kappa shape index (κ2) is 6.02. The molecule has 20 heavy (non-hydrogen) atoms. The fourth-order valence-corrected chi connectivity index (χ4v) is 2.17. The van der Waals surface area contributed by atoms with Crippen molar-refractivity contribution in [1.82, 2.24) is 10.1 Å². The van der Waals surface area contributed by atoms with Gasteiger partial charge in [-0.05, 0) is 0 Å². The molecule has 1 saturated heterocycles. The first-order valence-electron chi connectivity index (χ1n) is 6.08. The van der Waals surface area contributed by atoms with Crippen molar-refractivity contribution in [2.45, 2.75) is 25.2 Å². The average molecular weight is 284 g/mol. The minimum atomic E-state index is -0.801. The number of β-amino-alcohol motifs (C(OH)–C–C–N with tert-alkyl or cyclic N) is 1. The van der Waals surface area contributed by atoms with E-state index in [2.05, 4.69) is 9.89 Å². The van der Waals surface area contributed by atoms with Crippen LogP contribution in [0.15, 0.2) is 10.6 Å². The molecular weight excluding hydrogens is 268 g/mol. The summed E-state index contributed by atoms with van der Waals surface area (Å²) in [6.45, 7) is 0.258. The summed E-state index contributed by atoms with van der Waals surface area (Å²) >= 11 is 0. The number of amides is 1. The van der Waals surface area contributed by atoms with Crippen LogP contribution >= 0.6 is 0 Å². The van der Waals surface area contributed by atoms with E-state index in [9.17, 15) is 14.7 Å². The van der Waals surface area contributed by atoms with Crippen LogP contribution in [0.25, 0.3) is 0 Å². The third-order valence-electron chi connectivity index (χ3n) is 3.08. The molecule has 0 radical (unpaired) electrons. The van der Waals surface area contributed by atoms with Crippen molar-refractivity contribution in [3.63, 3.8) is 0 Å². The molecule has 1 N–H and O–H groups in total. The first-order chi connectivity index (χ1) is 9.56. The molecule has 0 aromatic carbocycles. The minimum absolute atomic E-state index is 0.0606. The maximum Gasteiger partial charge on any atom is 0.328 e. The number of ether oxygens (including phenoxy) is 2. The number of aromatic nitrogens is 1. The number of hydrogen-bond acceptors (Lipinski definition) is 7. The van der Waals surface area contributed by atoms with Crippen LogP contribution in [0.5, 0.6) is 0 Å². The molecule has 1 aromatic rings. The van der Waals surface area contributed by atoms with E-state index < -0.39 is 24.0 Å². The van der Waals surface area contributed by atoms with Gasteiger partial charge in [0.05, 0.1) is 13.2 Å². The Bertz CT molecular complexity index is 500. The molecule has 8 heteroatoms. The number of carbonyl (C=O) groups is 2. The summed E-state index contributed by atoms with van der Waals surface area (Å²) < 4.78 is 14.4. The molecule has 2 rings (SSSR count). The van der Waals surface area contributed by atoms with Gasteiger partial charge in [-0.15, -0.1) is 0 Å². The molecule has 110 valence electrons. The van der Waals surface area contributed by atoms with Gasteiger partial charge in [-0.2, -0.15) is 0 Å². The summed E-state index contributed by atoms with van der Waals surface area (Å²) in [5.74, 6) is -0.635. The third-order valence-corrected chi connectivity index (χ3v) is 3.08. The highest BCUT2D eigenvalue weighted by Gasteiger charge is 2.40. The lowest BCUT2D eigenvalue weighted by molar-refractivity contribution is -0.145. The molecule has 1 aliphatic rings. The van der Waals surface area contributed by atoms with Crippen LogP contribution in [-0.4, -0.2) is 59.9 Å². The maximum absolute atomic E-state index is 12.3. The van der Waals surface area contributed by atoms with Gasteiger partial charge in [-0.3, -0.25) is 4.79 Å². The number of nitrogens with zero attached hydrogens (tertiary/aromatic N) is 2. The molecular formula is C12H16N2O6. The van der Waals surface area contributed by atoms with Gasteiger partial charge in [-0.1, -0.05) is 5.16 Å². The zero-order valence-corrected chi connectivity index (χ0v) is 11.2. The van der Waals surface area contributed by atoms with Crippen molar-refractivity contribution in [2.75, 3.05) is 20.8 Å². The van der Waals surface area contributed by atoms with Crippen molar-refractivity contribution in [3.05, 3.63) is 17.5 Å². The summed E-state index contributed by atoms with van der Waals surface area (Å²) in [4.78, 5) is 25.1. The fraction of sp³-hybridized carbons (Fsp3) is 0.583. The highest BCUT2D eigenvalue weighted by Crippen LogP contribution is 2.21. The number of carbonyl (C=O) groups excluding carboxylic acids is 2. The smallest absolute Gasteiger partial charge is 0.328 e. The van der Waals surface area contributed by atoms with Gasteiger partial charge in [0.25, 0.3) is 5.91 Å². The van der Waals surface area contributed by atoms with Crippen LogP contribution in [0, 0.1) is 0 Å². The maximum atomic E-state index is 12.3. The van der Waals surface area contributed by atoms with E-state index in [-0.39, 0.29) is 25.3 Å². The van der Waals surface area contributed by atoms with Crippen LogP contribution in [0.1, 0.15) is 22.7 Å². The normalized spacial score (nSPS) is 22.1. The highest BCUT2D eigenvalue weighted by atomic mass is 16.5. The van der Waals surface area contributed by atoms with Gasteiger partial charge in [0, 0.05) is 26.1 Å². The Balaban J connectivity index is 2.15. The van der Waals surface area contributed by atoms with E-state index in [1.54, 1.807) is 0 Å². The quantitative estimate of drug-likeness (QED) is 0.748. The molecule has 0 saturated carbocycles. The third kappa shape index (κ3) is 2.81. The Labute approximate surface area is 115 Å². The van der Waals surface area contributed by atoms with E-state index in [1.165, 1.54) is 25.2 Å². The zero-order chi connectivity index (χ0) is 14.7. The predicted molar refractivity (Wildman–Crippen MR) is 64.7 cm³/mol. The predicted octanol–water partition coefficient (Wildman–Crippen LogP) is -0.431. The lowest BCUT2D eigenvalue weighted by Crippen LogP contribution is -2.41. The Morgan fingerprint density at radius 1 is 1.55 bits per heavy atom. The second-order valence-electron chi connectivity index (χ2n) is 4.50. The molecule has 2 atom stereocenters. The van der Waals surface area contributed by atoms with Gasteiger partial charge in [-0.25, -0.2) is 4.79 Å². The fourth-order valence-electron chi connectivity index (χ4n) is 2.17. The average Bonchev–Trinajstić information content (AvgIpc) is 3.04. The molecule has 0 spiro atoms. The van der Waals surface area contributed by atoms with Crippen molar-refractivity contribution < 1.29 is 28.7 Å². The standard InChI is InChI=1S/C12H16N2O6/c1-18-6-8-4-9(13-20-8)11(16)14-5-7(15)3-10(14)12(17)19-2/h4,7,10,15H,3,5-6H2,1-2H3. The van der Waals surface area contributed by atoms with Crippen molar-refractivity contribution in [1.29, 1.82) is 0 Å². The molecule has 1 aromatic heterocycles. The Morgan fingerprint density at radius 3 is 2.95 bits per heavy atom. The van der Waals surface area contributed by atoms with Crippen molar-refractivity contribution >= 4 is 11.9 Å². The van der Waals surface area contributed by atoms with Gasteiger partial charge >= 0.3 is 5.97 Å². The van der Waals surface area contributed by atoms with Crippen molar-refractivity contribution in [3.8, 4) is 0 Å². The van der Waals surface area contributed by atoms with Gasteiger partial charge in [0.1, 0.15) is 12.6 Å². The second-order valence-corrected chi connectivity index (χ2v) is 4.50. The molecule has 1 aliphatic heterocycles. The lowest BCUT2D eigenvalue weighted by Gasteiger charge is -2.20. The van der Waals surface area contributed by atoms with E-state index in [4.69, 9.17) is 9.26 Å². The number of likely N-dealkylation sites (tertiary alicyclic amines) is 1. The Kier molecular flexibility index (Phi) is 4.35. The van der Waals surface area contributed by atoms with Gasteiger partial charge in [0.2, 0.25) is 0 Å². The first kappa shape index (κ1) is 14.5. The summed E-state index contributed by atoms with van der Waals surface area (Å²) in [5.41, 5.74) is 0.0695. The van der Waals surface area contributed by atoms with E-state index >= 15 is 0 Å². The SMILES string of the molecule is COCc1cc(C(=O)N2CC(O)CC2C(=O)OC)no1. The van der Waals surface area contributed by atoms with Crippen molar-refractivity contribution in [2.24, 2.45) is 0 Å². The molecule has 2 heterocycles. The number of rotatable bonds is 4. The number of aliphatic hydroxyl groups excluding tert-OH is 1. The summed E-state index contributed by atoms with van der Waals surface area (Å²) in [5, 5.41) is 13.3. The molecule has 1 fully saturated rings. The largest absolute Gasteiger partial charge is 0.467 e. The van der Waals surface area contributed by atoms with E-state index in [0.717, 1.165) is 0 Å². The topological polar surface area (TPSA) is 102 Å². The Hall–Kier alpha value is -1.93. The van der Waals surface area contributed by atoms with Crippen LogP contribution in [0.2, 0.25) is 0 Å². The highest BCUT2D eigenvalue weighted by molar-refractivity contribution is 5.95. The summed E-state index contributed by atoms with van der Waals surface area (Å²) in [7, 11) is 2.73. The number of aliphatic hydroxyl groups is 1. The van der Waals surface area contributed by atoms with Crippen LogP contribution in [0.3, 0.4) is 0 Å². The summed E-state index contributed by atoms with van der Waals surface area (Å²) in [6.07, 6.45) is -0.602. The number of esters is 1. The zero-order valence-electron chi connectivity index (χ0n) is 11.2. The summed E-state index contributed by atoms with van der Waals surface area (Å²) in [6, 6.07) is 0.648. The number of methoxy groups -OCH3 is 2. The molecule has 8 nitrogen and oxygen atoms in total. The molecule has 0 aliphatic carbocycles. The minimum Gasteiger partial charge on any atom is -0.467 e. The molecule has 0 bridgehead atoms. The van der Waals surface area contributed by atoms with E-state index in [1.807, 2.05) is 0 Å². The monoisotopic (exact) mass is 284 g/mol. The first-order valence-corrected chi connectivity index (χ1v) is 6.08.